The summed E-state index contributed by atoms with van der Waals surface area (Å²) in [5, 5.41) is 6.40. The summed E-state index contributed by atoms with van der Waals surface area (Å²) in [7, 11) is 3.46. The molecule has 0 bridgehead atoms. The van der Waals surface area contributed by atoms with Gasteiger partial charge in [0.25, 0.3) is 0 Å². The standard InChI is InChI=1S/C40H60N4O4/c1-7-43(31(3)33-21-13-15-23-39(33)47-5)27-19-11-9-17-25-41-35-29-38(46)36(30-37(35)45)42-26-18-10-12-20-28-44(8-2)32(4)34-22-14-16-24-40(34)48-6/h13-16,21-24,29-32,41-42H,7-12,17-20,25-28H2,1-6H3/t31-,32-/m1/s1. The number of nitrogens with zero attached hydrogens (tertiary/aromatic N) is 2. The molecule has 0 radical (unpaired) electrons. The molecule has 8 heteroatoms. The van der Waals surface area contributed by atoms with E-state index in [4.69, 9.17) is 9.47 Å². The van der Waals surface area contributed by atoms with Crippen LogP contribution in [0.25, 0.3) is 0 Å². The second-order valence-electron chi connectivity index (χ2n) is 12.6. The number of benzene rings is 2. The summed E-state index contributed by atoms with van der Waals surface area (Å²) in [5.74, 6) is 1.61. The average Bonchev–Trinajstić information content (AvgIpc) is 3.11. The van der Waals surface area contributed by atoms with Gasteiger partial charge in [0.1, 0.15) is 11.5 Å². The van der Waals surface area contributed by atoms with Gasteiger partial charge in [0.2, 0.25) is 11.6 Å². The Balaban J connectivity index is 1.27. The van der Waals surface area contributed by atoms with Gasteiger partial charge in [0.05, 0.1) is 25.6 Å². The minimum Gasteiger partial charge on any atom is -0.496 e. The van der Waals surface area contributed by atoms with Crippen LogP contribution in [-0.4, -0.2) is 74.9 Å². The SMILES string of the molecule is CCN(CCCCCCNC1=CC(=O)C(NCCCCCCN(CC)[C@H](C)c2ccccc2OC)=CC1=O)[C@H](C)c1ccccc1OC. The van der Waals surface area contributed by atoms with Crippen molar-refractivity contribution in [2.45, 2.75) is 91.1 Å². The Morgan fingerprint density at radius 2 is 0.958 bits per heavy atom. The highest BCUT2D eigenvalue weighted by Gasteiger charge is 2.21. The number of carbonyl (C=O) groups is 2. The summed E-state index contributed by atoms with van der Waals surface area (Å²) in [6.45, 7) is 14.3. The van der Waals surface area contributed by atoms with Crippen LogP contribution in [-0.2, 0) is 9.59 Å². The number of unbranched alkanes of at least 4 members (excludes halogenated alkanes) is 6. The Morgan fingerprint density at radius 3 is 1.33 bits per heavy atom. The lowest BCUT2D eigenvalue weighted by Crippen LogP contribution is -2.30. The Hall–Kier alpha value is -3.62. The number of carbonyl (C=O) groups excluding carboxylic acids is 2. The van der Waals surface area contributed by atoms with Gasteiger partial charge in [0.15, 0.2) is 0 Å². The third kappa shape index (κ3) is 11.8. The molecule has 0 heterocycles. The first-order valence-electron chi connectivity index (χ1n) is 18.1. The minimum atomic E-state index is -0.134. The highest BCUT2D eigenvalue weighted by molar-refractivity contribution is 6.19. The second kappa shape index (κ2) is 21.4. The van der Waals surface area contributed by atoms with Crippen molar-refractivity contribution >= 4 is 11.6 Å². The molecule has 1 aliphatic rings. The minimum absolute atomic E-state index is 0.134. The summed E-state index contributed by atoms with van der Waals surface area (Å²) < 4.78 is 11.1. The molecule has 2 aromatic carbocycles. The molecule has 264 valence electrons. The van der Waals surface area contributed by atoms with Crippen LogP contribution < -0.4 is 20.1 Å². The number of ether oxygens (including phenoxy) is 2. The van der Waals surface area contributed by atoms with E-state index in [1.54, 1.807) is 14.2 Å². The largest absolute Gasteiger partial charge is 0.496 e. The summed E-state index contributed by atoms with van der Waals surface area (Å²) in [5.41, 5.74) is 3.24. The van der Waals surface area contributed by atoms with Gasteiger partial charge in [-0.05, 0) is 77.8 Å². The number of hydrogen-bond donors (Lipinski definition) is 2. The normalized spacial score (nSPS) is 14.5. The molecule has 0 unspecified atom stereocenters. The van der Waals surface area contributed by atoms with Gasteiger partial charge in [-0.15, -0.1) is 0 Å². The Bertz CT molecular complexity index is 1240. The molecule has 2 N–H and O–H groups in total. The van der Waals surface area contributed by atoms with E-state index in [0.29, 0.717) is 36.6 Å². The topological polar surface area (TPSA) is 83.1 Å². The van der Waals surface area contributed by atoms with Crippen LogP contribution >= 0.6 is 0 Å². The highest BCUT2D eigenvalue weighted by atomic mass is 16.5. The molecular weight excluding hydrogens is 600 g/mol. The molecule has 3 rings (SSSR count). The van der Waals surface area contributed by atoms with Crippen LogP contribution in [0.3, 0.4) is 0 Å². The lowest BCUT2D eigenvalue weighted by molar-refractivity contribution is -0.115. The van der Waals surface area contributed by atoms with E-state index in [0.717, 1.165) is 89.0 Å². The van der Waals surface area contributed by atoms with Crippen LogP contribution in [0.5, 0.6) is 11.5 Å². The zero-order chi connectivity index (χ0) is 34.7. The zero-order valence-corrected chi connectivity index (χ0v) is 30.4. The predicted octanol–water partition coefficient (Wildman–Crippen LogP) is 7.39. The summed E-state index contributed by atoms with van der Waals surface area (Å²) >= 11 is 0. The van der Waals surface area contributed by atoms with E-state index in [2.05, 4.69) is 72.4 Å². The quantitative estimate of drug-likeness (QED) is 0.0892. The molecular formula is C40H60N4O4. The molecule has 2 aromatic rings. The van der Waals surface area contributed by atoms with Crippen molar-refractivity contribution in [2.24, 2.45) is 0 Å². The van der Waals surface area contributed by atoms with Crippen molar-refractivity contribution in [2.75, 3.05) is 53.5 Å². The summed E-state index contributed by atoms with van der Waals surface area (Å²) in [6.07, 6.45) is 11.4. The number of methoxy groups -OCH3 is 2. The Morgan fingerprint density at radius 1 is 0.583 bits per heavy atom. The second-order valence-corrected chi connectivity index (χ2v) is 12.6. The molecule has 48 heavy (non-hydrogen) atoms. The number of para-hydroxylation sites is 2. The first kappa shape index (κ1) is 38.8. The van der Waals surface area contributed by atoms with Gasteiger partial charge in [-0.2, -0.15) is 0 Å². The van der Waals surface area contributed by atoms with Crippen LogP contribution in [0, 0.1) is 0 Å². The van der Waals surface area contributed by atoms with Crippen molar-refractivity contribution in [1.29, 1.82) is 0 Å². The molecule has 0 amide bonds. The van der Waals surface area contributed by atoms with Gasteiger partial charge in [-0.3, -0.25) is 19.4 Å². The fourth-order valence-electron chi connectivity index (χ4n) is 6.54. The smallest absolute Gasteiger partial charge is 0.203 e. The Kier molecular flexibility index (Phi) is 17.3. The fraction of sp³-hybridized carbons (Fsp3) is 0.550. The molecule has 0 spiro atoms. The molecule has 2 atom stereocenters. The molecule has 0 saturated heterocycles. The summed E-state index contributed by atoms with van der Waals surface area (Å²) in [4.78, 5) is 30.3. The van der Waals surface area contributed by atoms with E-state index in [1.807, 2.05) is 24.3 Å². The number of ketones is 2. The molecule has 8 nitrogen and oxygen atoms in total. The molecule has 1 aliphatic carbocycles. The van der Waals surface area contributed by atoms with Crippen molar-refractivity contribution in [3.05, 3.63) is 83.2 Å². The third-order valence-corrected chi connectivity index (χ3v) is 9.54. The van der Waals surface area contributed by atoms with Gasteiger partial charge in [-0.1, -0.05) is 75.9 Å². The number of hydrogen-bond acceptors (Lipinski definition) is 8. The Labute approximate surface area is 289 Å². The zero-order valence-electron chi connectivity index (χ0n) is 30.4. The van der Waals surface area contributed by atoms with Crippen molar-refractivity contribution in [3.63, 3.8) is 0 Å². The van der Waals surface area contributed by atoms with E-state index < -0.39 is 0 Å². The molecule has 0 aliphatic heterocycles. The van der Waals surface area contributed by atoms with E-state index in [9.17, 15) is 9.59 Å². The first-order valence-corrected chi connectivity index (χ1v) is 18.1. The fourth-order valence-corrected chi connectivity index (χ4v) is 6.54. The lowest BCUT2D eigenvalue weighted by atomic mass is 10.0. The van der Waals surface area contributed by atoms with Crippen molar-refractivity contribution < 1.29 is 19.1 Å². The number of nitrogens with one attached hydrogen (secondary N) is 2. The summed E-state index contributed by atoms with van der Waals surface area (Å²) in [6, 6.07) is 17.1. The van der Waals surface area contributed by atoms with Gasteiger partial charge < -0.3 is 20.1 Å². The van der Waals surface area contributed by atoms with Gasteiger partial charge >= 0.3 is 0 Å². The maximum atomic E-state index is 12.7. The maximum absolute atomic E-state index is 12.7. The number of rotatable bonds is 24. The maximum Gasteiger partial charge on any atom is 0.203 e. The monoisotopic (exact) mass is 660 g/mol. The van der Waals surface area contributed by atoms with E-state index >= 15 is 0 Å². The average molecular weight is 661 g/mol. The molecule has 0 fully saturated rings. The molecule has 0 aromatic heterocycles. The first-order chi connectivity index (χ1) is 23.3. The highest BCUT2D eigenvalue weighted by Crippen LogP contribution is 2.30. The molecule has 0 saturated carbocycles. The number of allylic oxidation sites excluding steroid dienone is 2. The van der Waals surface area contributed by atoms with E-state index in [-0.39, 0.29) is 11.6 Å². The van der Waals surface area contributed by atoms with Crippen molar-refractivity contribution in [3.8, 4) is 11.5 Å². The lowest BCUT2D eigenvalue weighted by Gasteiger charge is -2.29. The van der Waals surface area contributed by atoms with Gasteiger partial charge in [-0.25, -0.2) is 0 Å². The van der Waals surface area contributed by atoms with Crippen LogP contribution in [0.1, 0.15) is 102 Å². The predicted molar refractivity (Wildman–Crippen MR) is 196 cm³/mol. The van der Waals surface area contributed by atoms with Gasteiger partial charge in [0, 0.05) is 48.5 Å². The van der Waals surface area contributed by atoms with Crippen LogP contribution in [0.4, 0.5) is 0 Å². The van der Waals surface area contributed by atoms with Crippen LogP contribution in [0.15, 0.2) is 72.1 Å². The van der Waals surface area contributed by atoms with Crippen LogP contribution in [0.2, 0.25) is 0 Å². The van der Waals surface area contributed by atoms with Crippen molar-refractivity contribution in [1.82, 2.24) is 20.4 Å². The third-order valence-electron chi connectivity index (χ3n) is 9.54. The van der Waals surface area contributed by atoms with E-state index in [1.165, 1.54) is 23.3 Å².